The van der Waals surface area contributed by atoms with Crippen LogP contribution < -0.4 is 5.32 Å². The zero-order valence-electron chi connectivity index (χ0n) is 9.64. The van der Waals surface area contributed by atoms with E-state index in [0.717, 1.165) is 11.9 Å². The highest BCUT2D eigenvalue weighted by atomic mass is 35.5. The molecular weight excluding hydrogens is 229 g/mol. The van der Waals surface area contributed by atoms with Crippen LogP contribution >= 0.6 is 24.0 Å². The summed E-state index contributed by atoms with van der Waals surface area (Å²) in [5, 5.41) is 3.67. The Balaban J connectivity index is 0.00000196. The van der Waals surface area contributed by atoms with Gasteiger partial charge in [-0.05, 0) is 32.2 Å². The first kappa shape index (κ1) is 15.5. The molecule has 0 bridgehead atoms. The van der Waals surface area contributed by atoms with E-state index in [0.29, 0.717) is 0 Å². The van der Waals surface area contributed by atoms with Crippen LogP contribution in [0.2, 0.25) is 0 Å². The molecule has 0 aromatic rings. The molecular formula is C12H25Cl2N. The number of halogens is 2. The van der Waals surface area contributed by atoms with E-state index >= 15 is 0 Å². The minimum Gasteiger partial charge on any atom is -0.314 e. The number of nitrogens with one attached hydrogen (secondary N) is 1. The highest BCUT2D eigenvalue weighted by molar-refractivity contribution is 6.17. The van der Waals surface area contributed by atoms with Crippen LogP contribution in [0.5, 0.6) is 0 Å². The minimum absolute atomic E-state index is 0. The van der Waals surface area contributed by atoms with Gasteiger partial charge in [-0.2, -0.15) is 0 Å². The molecule has 1 nitrogen and oxygen atoms in total. The molecule has 15 heavy (non-hydrogen) atoms. The SMILES string of the molecule is Cl.ClCCCCCCNC1CCCCC1. The fraction of sp³-hybridized carbons (Fsp3) is 1.00. The average Bonchev–Trinajstić information content (AvgIpc) is 2.25. The second-order valence-electron chi connectivity index (χ2n) is 4.39. The van der Waals surface area contributed by atoms with Gasteiger partial charge in [0.1, 0.15) is 0 Å². The van der Waals surface area contributed by atoms with Crippen molar-refractivity contribution in [2.45, 2.75) is 63.8 Å². The Labute approximate surface area is 106 Å². The highest BCUT2D eigenvalue weighted by Crippen LogP contribution is 2.17. The van der Waals surface area contributed by atoms with Crippen LogP contribution in [0.15, 0.2) is 0 Å². The van der Waals surface area contributed by atoms with Gasteiger partial charge < -0.3 is 5.32 Å². The lowest BCUT2D eigenvalue weighted by molar-refractivity contribution is 0.370. The van der Waals surface area contributed by atoms with E-state index in [9.17, 15) is 0 Å². The van der Waals surface area contributed by atoms with Crippen molar-refractivity contribution < 1.29 is 0 Å². The lowest BCUT2D eigenvalue weighted by atomic mass is 9.95. The average molecular weight is 254 g/mol. The lowest BCUT2D eigenvalue weighted by Crippen LogP contribution is -2.31. The molecule has 3 heteroatoms. The summed E-state index contributed by atoms with van der Waals surface area (Å²) in [6.45, 7) is 1.22. The van der Waals surface area contributed by atoms with E-state index in [4.69, 9.17) is 11.6 Å². The third-order valence-electron chi connectivity index (χ3n) is 3.10. The fourth-order valence-corrected chi connectivity index (χ4v) is 2.37. The minimum atomic E-state index is 0. The smallest absolute Gasteiger partial charge is 0.0223 e. The molecule has 1 aliphatic carbocycles. The molecule has 0 radical (unpaired) electrons. The van der Waals surface area contributed by atoms with E-state index in [1.165, 1.54) is 64.3 Å². The van der Waals surface area contributed by atoms with Gasteiger partial charge in [-0.1, -0.05) is 32.1 Å². The number of alkyl halides is 1. The molecule has 0 spiro atoms. The van der Waals surface area contributed by atoms with Gasteiger partial charge in [-0.25, -0.2) is 0 Å². The molecule has 1 N–H and O–H groups in total. The number of rotatable bonds is 7. The molecule has 1 fully saturated rings. The summed E-state index contributed by atoms with van der Waals surface area (Å²) in [5.41, 5.74) is 0. The molecule has 0 atom stereocenters. The monoisotopic (exact) mass is 253 g/mol. The van der Waals surface area contributed by atoms with E-state index < -0.39 is 0 Å². The van der Waals surface area contributed by atoms with Gasteiger partial charge in [0.2, 0.25) is 0 Å². The zero-order valence-corrected chi connectivity index (χ0v) is 11.2. The lowest BCUT2D eigenvalue weighted by Gasteiger charge is -2.22. The van der Waals surface area contributed by atoms with Crippen molar-refractivity contribution in [3.05, 3.63) is 0 Å². The second kappa shape index (κ2) is 11.0. The van der Waals surface area contributed by atoms with Crippen molar-refractivity contribution in [3.8, 4) is 0 Å². The van der Waals surface area contributed by atoms with Gasteiger partial charge in [0.25, 0.3) is 0 Å². The predicted molar refractivity (Wildman–Crippen MR) is 71.3 cm³/mol. The number of unbranched alkanes of at least 4 members (excludes halogenated alkanes) is 3. The second-order valence-corrected chi connectivity index (χ2v) is 4.77. The van der Waals surface area contributed by atoms with E-state index in [1.54, 1.807) is 0 Å². The van der Waals surface area contributed by atoms with Crippen molar-refractivity contribution in [3.63, 3.8) is 0 Å². The van der Waals surface area contributed by atoms with Crippen molar-refractivity contribution in [1.29, 1.82) is 0 Å². The molecule has 0 amide bonds. The van der Waals surface area contributed by atoms with Crippen molar-refractivity contribution in [2.75, 3.05) is 12.4 Å². The molecule has 0 aromatic carbocycles. The zero-order chi connectivity index (χ0) is 10.1. The van der Waals surface area contributed by atoms with Crippen molar-refractivity contribution in [1.82, 2.24) is 5.32 Å². The third-order valence-corrected chi connectivity index (χ3v) is 3.37. The topological polar surface area (TPSA) is 12.0 Å². The normalized spacial score (nSPS) is 17.4. The largest absolute Gasteiger partial charge is 0.314 e. The Kier molecular flexibility index (Phi) is 11.4. The van der Waals surface area contributed by atoms with Crippen LogP contribution in [0, 0.1) is 0 Å². The van der Waals surface area contributed by atoms with Gasteiger partial charge in [-0.15, -0.1) is 24.0 Å². The van der Waals surface area contributed by atoms with Gasteiger partial charge in [0.15, 0.2) is 0 Å². The maximum absolute atomic E-state index is 5.62. The van der Waals surface area contributed by atoms with E-state index in [-0.39, 0.29) is 12.4 Å². The molecule has 0 heterocycles. The fourth-order valence-electron chi connectivity index (χ4n) is 2.19. The summed E-state index contributed by atoms with van der Waals surface area (Å²) in [4.78, 5) is 0. The van der Waals surface area contributed by atoms with Crippen LogP contribution in [0.25, 0.3) is 0 Å². The van der Waals surface area contributed by atoms with Crippen LogP contribution in [-0.2, 0) is 0 Å². The Morgan fingerprint density at radius 2 is 1.60 bits per heavy atom. The summed E-state index contributed by atoms with van der Waals surface area (Å²) < 4.78 is 0. The molecule has 0 saturated heterocycles. The van der Waals surface area contributed by atoms with Gasteiger partial charge in [-0.3, -0.25) is 0 Å². The Morgan fingerprint density at radius 3 is 2.27 bits per heavy atom. The first-order valence-corrected chi connectivity index (χ1v) is 6.76. The molecule has 1 aliphatic rings. The summed E-state index contributed by atoms with van der Waals surface area (Å²) in [6.07, 6.45) is 12.3. The maximum Gasteiger partial charge on any atom is 0.0223 e. The van der Waals surface area contributed by atoms with Gasteiger partial charge >= 0.3 is 0 Å². The third kappa shape index (κ3) is 8.36. The quantitative estimate of drug-likeness (QED) is 0.532. The standard InChI is InChI=1S/C12H24ClN.ClH/c13-10-6-1-2-7-11-14-12-8-4-3-5-9-12;/h12,14H,1-11H2;1H. The molecule has 0 aliphatic heterocycles. The maximum atomic E-state index is 5.62. The van der Waals surface area contributed by atoms with Gasteiger partial charge in [0, 0.05) is 11.9 Å². The van der Waals surface area contributed by atoms with Crippen LogP contribution in [0.4, 0.5) is 0 Å². The van der Waals surface area contributed by atoms with Crippen molar-refractivity contribution >= 4 is 24.0 Å². The van der Waals surface area contributed by atoms with Crippen LogP contribution in [0.3, 0.4) is 0 Å². The van der Waals surface area contributed by atoms with E-state index in [1.807, 2.05) is 0 Å². The molecule has 1 saturated carbocycles. The summed E-state index contributed by atoms with van der Waals surface area (Å²) >= 11 is 5.62. The Hall–Kier alpha value is 0.540. The summed E-state index contributed by atoms with van der Waals surface area (Å²) in [7, 11) is 0. The van der Waals surface area contributed by atoms with Crippen LogP contribution in [-0.4, -0.2) is 18.5 Å². The number of hydrogen-bond donors (Lipinski definition) is 1. The van der Waals surface area contributed by atoms with Crippen LogP contribution in [0.1, 0.15) is 57.8 Å². The van der Waals surface area contributed by atoms with Crippen molar-refractivity contribution in [2.24, 2.45) is 0 Å². The highest BCUT2D eigenvalue weighted by Gasteiger charge is 2.11. The first-order chi connectivity index (χ1) is 6.93. The predicted octanol–water partition coefficient (Wildman–Crippen LogP) is 4.13. The number of hydrogen-bond acceptors (Lipinski definition) is 1. The molecule has 1 rings (SSSR count). The Morgan fingerprint density at radius 1 is 0.933 bits per heavy atom. The summed E-state index contributed by atoms with van der Waals surface area (Å²) in [5.74, 6) is 0.829. The molecule has 0 unspecified atom stereocenters. The van der Waals surface area contributed by atoms with E-state index in [2.05, 4.69) is 5.32 Å². The van der Waals surface area contributed by atoms with Gasteiger partial charge in [0.05, 0.1) is 0 Å². The first-order valence-electron chi connectivity index (χ1n) is 6.23. The summed E-state index contributed by atoms with van der Waals surface area (Å²) in [6, 6.07) is 0.830. The Bertz CT molecular complexity index is 125. The molecule has 0 aromatic heterocycles. The molecule has 92 valence electrons.